The zero-order valence-corrected chi connectivity index (χ0v) is 13.9. The van der Waals surface area contributed by atoms with Gasteiger partial charge >= 0.3 is 0 Å². The highest BCUT2D eigenvalue weighted by molar-refractivity contribution is 9.10. The van der Waals surface area contributed by atoms with E-state index in [1.807, 2.05) is 0 Å². The smallest absolute Gasteiger partial charge is 0.244 e. The molecule has 1 N–H and O–H groups in total. The molecule has 0 aliphatic heterocycles. The van der Waals surface area contributed by atoms with Gasteiger partial charge < -0.3 is 4.74 Å². The van der Waals surface area contributed by atoms with E-state index in [9.17, 15) is 8.42 Å². The Balaban J connectivity index is 2.24. The molecule has 1 heterocycles. The van der Waals surface area contributed by atoms with Crippen molar-refractivity contribution in [3.63, 3.8) is 0 Å². The summed E-state index contributed by atoms with van der Waals surface area (Å²) >= 11 is 3.26. The van der Waals surface area contributed by atoms with Gasteiger partial charge in [0.2, 0.25) is 10.0 Å². The highest BCUT2D eigenvalue weighted by Gasteiger charge is 2.19. The molecule has 0 aliphatic rings. The van der Waals surface area contributed by atoms with Crippen LogP contribution >= 0.6 is 15.9 Å². The van der Waals surface area contributed by atoms with Crippen molar-refractivity contribution in [1.82, 2.24) is 14.7 Å². The summed E-state index contributed by atoms with van der Waals surface area (Å²) in [6, 6.07) is 6.46. The Labute approximate surface area is 131 Å². The monoisotopic (exact) mass is 371 g/mol. The minimum absolute atomic E-state index is 0.0742. The second-order valence-electron chi connectivity index (χ2n) is 4.21. The van der Waals surface area contributed by atoms with Crippen LogP contribution in [-0.4, -0.2) is 25.5 Å². The van der Waals surface area contributed by atoms with Crippen LogP contribution in [0.4, 0.5) is 0 Å². The number of benzene rings is 1. The van der Waals surface area contributed by atoms with Gasteiger partial charge in [0.15, 0.2) is 0 Å². The zero-order valence-electron chi connectivity index (χ0n) is 11.5. The summed E-state index contributed by atoms with van der Waals surface area (Å²) in [5.74, 6) is 0.872. The fourth-order valence-electron chi connectivity index (χ4n) is 1.71. The molecule has 0 aliphatic carbocycles. The molecule has 1 aromatic carbocycles. The summed E-state index contributed by atoms with van der Waals surface area (Å²) in [6.07, 6.45) is 1.59. The van der Waals surface area contributed by atoms with E-state index in [2.05, 4.69) is 30.6 Å². The maximum atomic E-state index is 12.4. The molecule has 0 fully saturated rings. The lowest BCUT2D eigenvalue weighted by Gasteiger charge is -2.11. The van der Waals surface area contributed by atoms with E-state index in [0.29, 0.717) is 16.0 Å². The Kier molecular flexibility index (Phi) is 4.92. The van der Waals surface area contributed by atoms with Crippen LogP contribution in [0.3, 0.4) is 0 Å². The van der Waals surface area contributed by atoms with Gasteiger partial charge in [-0.05, 0) is 31.2 Å². The molecule has 6 nitrogen and oxygen atoms in total. The molecule has 2 rings (SSSR count). The van der Waals surface area contributed by atoms with E-state index in [4.69, 9.17) is 4.74 Å². The molecule has 112 valence electrons. The highest BCUT2D eigenvalue weighted by Crippen LogP contribution is 2.27. The number of halogens is 1. The Hall–Kier alpha value is -1.51. The molecular formula is C13H14BrN3O3S. The van der Waals surface area contributed by atoms with Crippen LogP contribution in [0.15, 0.2) is 39.8 Å². The van der Waals surface area contributed by atoms with Gasteiger partial charge in [0.05, 0.1) is 19.3 Å². The molecule has 0 amide bonds. The van der Waals surface area contributed by atoms with Gasteiger partial charge in [-0.3, -0.25) is 0 Å². The predicted molar refractivity (Wildman–Crippen MR) is 81.5 cm³/mol. The van der Waals surface area contributed by atoms with Crippen LogP contribution in [-0.2, 0) is 16.6 Å². The summed E-state index contributed by atoms with van der Waals surface area (Å²) in [5, 5.41) is 0. The first kappa shape index (κ1) is 15.9. The molecule has 2 aromatic rings. The average molecular weight is 372 g/mol. The SMILES string of the molecule is COc1ccc(Br)cc1S(=O)(=O)NCc1ccnc(C)n1. The summed E-state index contributed by atoms with van der Waals surface area (Å²) < 4.78 is 33.0. The lowest BCUT2D eigenvalue weighted by molar-refractivity contribution is 0.402. The van der Waals surface area contributed by atoms with Crippen molar-refractivity contribution in [3.8, 4) is 5.75 Å². The third kappa shape index (κ3) is 3.99. The van der Waals surface area contributed by atoms with E-state index in [0.717, 1.165) is 0 Å². The maximum absolute atomic E-state index is 12.4. The van der Waals surface area contributed by atoms with Crippen molar-refractivity contribution in [1.29, 1.82) is 0 Å². The molecule has 21 heavy (non-hydrogen) atoms. The van der Waals surface area contributed by atoms with Gasteiger partial charge in [-0.1, -0.05) is 15.9 Å². The first-order chi connectivity index (χ1) is 9.92. The Bertz CT molecular complexity index is 750. The normalized spacial score (nSPS) is 11.4. The number of nitrogens with zero attached hydrogens (tertiary/aromatic N) is 2. The van der Waals surface area contributed by atoms with Gasteiger partial charge in [0, 0.05) is 10.7 Å². The number of hydrogen-bond acceptors (Lipinski definition) is 5. The van der Waals surface area contributed by atoms with Gasteiger partial charge in [-0.25, -0.2) is 23.1 Å². The van der Waals surface area contributed by atoms with Crippen LogP contribution in [0.1, 0.15) is 11.5 Å². The summed E-state index contributed by atoms with van der Waals surface area (Å²) in [5.41, 5.74) is 0.597. The third-order valence-electron chi connectivity index (χ3n) is 2.69. The van der Waals surface area contributed by atoms with Crippen LogP contribution in [0.2, 0.25) is 0 Å². The number of nitrogens with one attached hydrogen (secondary N) is 1. The van der Waals surface area contributed by atoms with Crippen molar-refractivity contribution in [2.75, 3.05) is 7.11 Å². The molecule has 0 saturated carbocycles. The standard InChI is InChI=1S/C13H14BrN3O3S/c1-9-15-6-5-11(17-9)8-16-21(18,19)13-7-10(14)3-4-12(13)20-2/h3-7,16H,8H2,1-2H3. The van der Waals surface area contributed by atoms with Crippen LogP contribution in [0.25, 0.3) is 0 Å². The molecule has 0 saturated heterocycles. The van der Waals surface area contributed by atoms with Gasteiger partial charge in [0.1, 0.15) is 16.5 Å². The van der Waals surface area contributed by atoms with Gasteiger partial charge in [-0.15, -0.1) is 0 Å². The molecule has 0 spiro atoms. The molecule has 0 unspecified atom stereocenters. The van der Waals surface area contributed by atoms with E-state index in [1.54, 1.807) is 31.3 Å². The minimum atomic E-state index is -3.70. The fraction of sp³-hybridized carbons (Fsp3) is 0.231. The summed E-state index contributed by atoms with van der Waals surface area (Å²) in [7, 11) is -2.28. The lowest BCUT2D eigenvalue weighted by atomic mass is 10.3. The second kappa shape index (κ2) is 6.50. The number of methoxy groups -OCH3 is 1. The van der Waals surface area contributed by atoms with E-state index in [-0.39, 0.29) is 17.2 Å². The molecule has 0 bridgehead atoms. The van der Waals surface area contributed by atoms with E-state index < -0.39 is 10.0 Å². The number of aromatic nitrogens is 2. The van der Waals surface area contributed by atoms with Crippen molar-refractivity contribution in [2.24, 2.45) is 0 Å². The molecule has 0 atom stereocenters. The number of rotatable bonds is 5. The Morgan fingerprint density at radius 3 is 2.76 bits per heavy atom. The minimum Gasteiger partial charge on any atom is -0.495 e. The van der Waals surface area contributed by atoms with Gasteiger partial charge in [0.25, 0.3) is 0 Å². The van der Waals surface area contributed by atoms with Crippen LogP contribution in [0.5, 0.6) is 5.75 Å². The lowest BCUT2D eigenvalue weighted by Crippen LogP contribution is -2.24. The highest BCUT2D eigenvalue weighted by atomic mass is 79.9. The first-order valence-electron chi connectivity index (χ1n) is 6.04. The van der Waals surface area contributed by atoms with Crippen molar-refractivity contribution in [3.05, 3.63) is 46.5 Å². The quantitative estimate of drug-likeness (QED) is 0.869. The van der Waals surface area contributed by atoms with E-state index in [1.165, 1.54) is 13.2 Å². The topological polar surface area (TPSA) is 81.2 Å². The number of hydrogen-bond donors (Lipinski definition) is 1. The van der Waals surface area contributed by atoms with Crippen molar-refractivity contribution in [2.45, 2.75) is 18.4 Å². The zero-order chi connectivity index (χ0) is 15.5. The molecule has 1 aromatic heterocycles. The maximum Gasteiger partial charge on any atom is 0.244 e. The van der Waals surface area contributed by atoms with Crippen molar-refractivity contribution >= 4 is 26.0 Å². The average Bonchev–Trinajstić information content (AvgIpc) is 2.45. The van der Waals surface area contributed by atoms with E-state index >= 15 is 0 Å². The summed E-state index contributed by atoms with van der Waals surface area (Å²) in [4.78, 5) is 8.19. The number of ether oxygens (including phenoxy) is 1. The molecule has 0 radical (unpaired) electrons. The Morgan fingerprint density at radius 1 is 1.33 bits per heavy atom. The van der Waals surface area contributed by atoms with Crippen LogP contribution < -0.4 is 9.46 Å². The molecular weight excluding hydrogens is 358 g/mol. The summed E-state index contributed by atoms with van der Waals surface area (Å²) in [6.45, 7) is 1.83. The molecule has 8 heteroatoms. The predicted octanol–water partition coefficient (Wildman–Crippen LogP) is 2.03. The number of aryl methyl sites for hydroxylation is 1. The third-order valence-corrected chi connectivity index (χ3v) is 4.61. The largest absolute Gasteiger partial charge is 0.495 e. The number of sulfonamides is 1. The van der Waals surface area contributed by atoms with Crippen molar-refractivity contribution < 1.29 is 13.2 Å². The first-order valence-corrected chi connectivity index (χ1v) is 8.32. The fourth-order valence-corrected chi connectivity index (χ4v) is 3.42. The van der Waals surface area contributed by atoms with Crippen LogP contribution in [0, 0.1) is 6.92 Å². The second-order valence-corrected chi connectivity index (χ2v) is 6.87. The van der Waals surface area contributed by atoms with Gasteiger partial charge in [-0.2, -0.15) is 0 Å². The Morgan fingerprint density at radius 2 is 2.10 bits per heavy atom.